The quantitative estimate of drug-likeness (QED) is 0.388. The van der Waals surface area contributed by atoms with Crippen LogP contribution in [0.25, 0.3) is 0 Å². The monoisotopic (exact) mass is 147 g/mol. The lowest BCUT2D eigenvalue weighted by Crippen LogP contribution is -2.55. The van der Waals surface area contributed by atoms with Crippen LogP contribution in [0.15, 0.2) is 0 Å². The predicted octanol–water partition coefficient (Wildman–Crippen LogP) is -1.55. The van der Waals surface area contributed by atoms with Crippen LogP contribution in [0.4, 0.5) is 0 Å². The van der Waals surface area contributed by atoms with E-state index in [4.69, 9.17) is 20.7 Å². The minimum absolute atomic E-state index is 0.310. The molecule has 0 saturated carbocycles. The van der Waals surface area contributed by atoms with Gasteiger partial charge in [-0.3, -0.25) is 0 Å². The lowest BCUT2D eigenvalue weighted by molar-refractivity contribution is -0.136. The van der Waals surface area contributed by atoms with Crippen molar-refractivity contribution in [2.45, 2.75) is 31.3 Å². The summed E-state index contributed by atoms with van der Waals surface area (Å²) in [5, 5.41) is 18.3. The average Bonchev–Trinajstić information content (AvgIpc) is 1.93. The summed E-state index contributed by atoms with van der Waals surface area (Å²) in [6.45, 7) is 2.03. The maximum absolute atomic E-state index is 9.16. The smallest absolute Gasteiger partial charge is 0.107 e. The topological polar surface area (TPSA) is 75.7 Å². The molecule has 1 heterocycles. The summed E-state index contributed by atoms with van der Waals surface area (Å²) in [4.78, 5) is 0. The SMILES string of the molecule is CC1OCC(N)C(O)C1O. The Morgan fingerprint density at radius 2 is 2.00 bits per heavy atom. The minimum atomic E-state index is -0.844. The van der Waals surface area contributed by atoms with E-state index in [0.717, 1.165) is 0 Å². The van der Waals surface area contributed by atoms with Crippen LogP contribution >= 0.6 is 0 Å². The zero-order chi connectivity index (χ0) is 7.72. The highest BCUT2D eigenvalue weighted by molar-refractivity contribution is 4.86. The molecule has 1 fully saturated rings. The number of hydrogen-bond acceptors (Lipinski definition) is 4. The fourth-order valence-electron chi connectivity index (χ4n) is 0.991. The normalized spacial score (nSPS) is 49.2. The zero-order valence-corrected chi connectivity index (χ0v) is 5.90. The van der Waals surface area contributed by atoms with Gasteiger partial charge in [-0.15, -0.1) is 0 Å². The first kappa shape index (κ1) is 7.94. The second-order valence-electron chi connectivity index (χ2n) is 2.68. The van der Waals surface area contributed by atoms with Gasteiger partial charge in [0.1, 0.15) is 6.10 Å². The third-order valence-corrected chi connectivity index (χ3v) is 1.82. The van der Waals surface area contributed by atoms with Gasteiger partial charge >= 0.3 is 0 Å². The molecule has 0 aliphatic carbocycles. The molecular weight excluding hydrogens is 134 g/mol. The van der Waals surface area contributed by atoms with Crippen LogP contribution in [0.3, 0.4) is 0 Å². The largest absolute Gasteiger partial charge is 0.389 e. The van der Waals surface area contributed by atoms with Gasteiger partial charge in [0.25, 0.3) is 0 Å². The lowest BCUT2D eigenvalue weighted by atomic mass is 10.0. The van der Waals surface area contributed by atoms with E-state index >= 15 is 0 Å². The first-order chi connectivity index (χ1) is 4.63. The second kappa shape index (κ2) is 2.84. The van der Waals surface area contributed by atoms with Crippen molar-refractivity contribution in [1.82, 2.24) is 0 Å². The van der Waals surface area contributed by atoms with Gasteiger partial charge in [-0.05, 0) is 6.92 Å². The van der Waals surface area contributed by atoms with E-state index < -0.39 is 18.2 Å². The molecule has 1 rings (SSSR count). The van der Waals surface area contributed by atoms with E-state index in [1.807, 2.05) is 0 Å². The maximum Gasteiger partial charge on any atom is 0.107 e. The minimum Gasteiger partial charge on any atom is -0.389 e. The zero-order valence-electron chi connectivity index (χ0n) is 5.90. The third kappa shape index (κ3) is 1.29. The van der Waals surface area contributed by atoms with E-state index in [-0.39, 0.29) is 6.10 Å². The number of aliphatic hydroxyl groups excluding tert-OH is 2. The molecule has 0 aromatic heterocycles. The van der Waals surface area contributed by atoms with Gasteiger partial charge in [-0.1, -0.05) is 0 Å². The van der Waals surface area contributed by atoms with Crippen LogP contribution in [0.2, 0.25) is 0 Å². The van der Waals surface area contributed by atoms with Crippen molar-refractivity contribution in [1.29, 1.82) is 0 Å². The fraction of sp³-hybridized carbons (Fsp3) is 1.00. The number of ether oxygens (including phenoxy) is 1. The average molecular weight is 147 g/mol. The molecule has 0 spiro atoms. The molecule has 0 amide bonds. The Morgan fingerprint density at radius 1 is 1.40 bits per heavy atom. The number of rotatable bonds is 0. The fourth-order valence-corrected chi connectivity index (χ4v) is 0.991. The predicted molar refractivity (Wildman–Crippen MR) is 35.4 cm³/mol. The molecule has 4 N–H and O–H groups in total. The first-order valence-electron chi connectivity index (χ1n) is 3.36. The van der Waals surface area contributed by atoms with Gasteiger partial charge in [-0.2, -0.15) is 0 Å². The summed E-state index contributed by atoms with van der Waals surface area (Å²) in [6.07, 6.45) is -2.00. The molecule has 0 bridgehead atoms. The summed E-state index contributed by atoms with van der Waals surface area (Å²) < 4.78 is 5.04. The van der Waals surface area contributed by atoms with Gasteiger partial charge in [0, 0.05) is 0 Å². The first-order valence-corrected chi connectivity index (χ1v) is 3.36. The molecule has 4 unspecified atom stereocenters. The van der Waals surface area contributed by atoms with Gasteiger partial charge < -0.3 is 20.7 Å². The Morgan fingerprint density at radius 3 is 2.50 bits per heavy atom. The van der Waals surface area contributed by atoms with Gasteiger partial charge in [0.2, 0.25) is 0 Å². The Bertz CT molecular complexity index is 106. The Labute approximate surface area is 59.6 Å². The van der Waals surface area contributed by atoms with E-state index in [9.17, 15) is 0 Å². The van der Waals surface area contributed by atoms with Crippen molar-refractivity contribution in [2.24, 2.45) is 5.73 Å². The summed E-state index contributed by atoms with van der Waals surface area (Å²) in [5.41, 5.74) is 5.40. The lowest BCUT2D eigenvalue weighted by Gasteiger charge is -2.33. The molecule has 60 valence electrons. The standard InChI is InChI=1S/C6H13NO3/c1-3-5(8)6(9)4(7)2-10-3/h3-6,8-9H,2,7H2,1H3. The van der Waals surface area contributed by atoms with Crippen LogP contribution in [0.5, 0.6) is 0 Å². The Balaban J connectivity index is 2.52. The molecule has 1 aliphatic rings. The van der Waals surface area contributed by atoms with Crippen molar-refractivity contribution in [3.05, 3.63) is 0 Å². The Hall–Kier alpha value is -0.160. The third-order valence-electron chi connectivity index (χ3n) is 1.82. The summed E-state index contributed by atoms with van der Waals surface area (Å²) in [7, 11) is 0. The van der Waals surface area contributed by atoms with Gasteiger partial charge in [0.05, 0.1) is 24.9 Å². The molecular formula is C6H13NO3. The van der Waals surface area contributed by atoms with E-state index in [2.05, 4.69) is 0 Å². The van der Waals surface area contributed by atoms with Crippen molar-refractivity contribution < 1.29 is 14.9 Å². The van der Waals surface area contributed by atoms with Crippen molar-refractivity contribution >= 4 is 0 Å². The molecule has 4 atom stereocenters. The molecule has 0 aromatic carbocycles. The highest BCUT2D eigenvalue weighted by Crippen LogP contribution is 2.12. The molecule has 0 aromatic rings. The van der Waals surface area contributed by atoms with Crippen LogP contribution in [-0.4, -0.2) is 41.2 Å². The second-order valence-corrected chi connectivity index (χ2v) is 2.68. The van der Waals surface area contributed by atoms with Gasteiger partial charge in [0.15, 0.2) is 0 Å². The highest BCUT2D eigenvalue weighted by atomic mass is 16.5. The molecule has 0 radical (unpaired) electrons. The Kier molecular flexibility index (Phi) is 2.25. The van der Waals surface area contributed by atoms with Crippen LogP contribution in [-0.2, 0) is 4.74 Å². The molecule has 4 heteroatoms. The van der Waals surface area contributed by atoms with Crippen molar-refractivity contribution in [2.75, 3.05) is 6.61 Å². The number of aliphatic hydroxyl groups is 2. The van der Waals surface area contributed by atoms with E-state index in [1.165, 1.54) is 0 Å². The van der Waals surface area contributed by atoms with Crippen LogP contribution < -0.4 is 5.73 Å². The molecule has 10 heavy (non-hydrogen) atoms. The summed E-state index contributed by atoms with van der Waals surface area (Å²) in [6, 6.07) is -0.453. The summed E-state index contributed by atoms with van der Waals surface area (Å²) >= 11 is 0. The number of hydrogen-bond donors (Lipinski definition) is 3. The van der Waals surface area contributed by atoms with Crippen LogP contribution in [0.1, 0.15) is 6.92 Å². The highest BCUT2D eigenvalue weighted by Gasteiger charge is 2.33. The van der Waals surface area contributed by atoms with Crippen molar-refractivity contribution in [3.63, 3.8) is 0 Å². The summed E-state index contributed by atoms with van der Waals surface area (Å²) in [5.74, 6) is 0. The molecule has 1 aliphatic heterocycles. The van der Waals surface area contributed by atoms with Crippen LogP contribution in [0, 0.1) is 0 Å². The maximum atomic E-state index is 9.16. The molecule has 1 saturated heterocycles. The van der Waals surface area contributed by atoms with E-state index in [0.29, 0.717) is 6.61 Å². The van der Waals surface area contributed by atoms with E-state index in [1.54, 1.807) is 6.92 Å². The molecule has 4 nitrogen and oxygen atoms in total. The van der Waals surface area contributed by atoms with Crippen molar-refractivity contribution in [3.8, 4) is 0 Å². The van der Waals surface area contributed by atoms with Gasteiger partial charge in [-0.25, -0.2) is 0 Å². The number of nitrogens with two attached hydrogens (primary N) is 1.